The van der Waals surface area contributed by atoms with Gasteiger partial charge in [0, 0.05) is 6.04 Å². The van der Waals surface area contributed by atoms with Gasteiger partial charge >= 0.3 is 0 Å². The van der Waals surface area contributed by atoms with E-state index in [9.17, 15) is 0 Å². The first kappa shape index (κ1) is 14.3. The number of hydrogen-bond donors (Lipinski definition) is 1. The van der Waals surface area contributed by atoms with Crippen molar-refractivity contribution >= 4 is 0 Å². The topological polar surface area (TPSA) is 15.3 Å². The number of hydrogen-bond acceptors (Lipinski definition) is 2. The molecule has 2 rings (SSSR count). The largest absolute Gasteiger partial charge is 0.314 e. The maximum Gasteiger partial charge on any atom is 0.00798 e. The second-order valence-corrected chi connectivity index (χ2v) is 6.66. The van der Waals surface area contributed by atoms with Gasteiger partial charge in [0.1, 0.15) is 0 Å². The van der Waals surface area contributed by atoms with Crippen molar-refractivity contribution in [3.05, 3.63) is 0 Å². The Morgan fingerprint density at radius 2 is 2.00 bits per heavy atom. The number of likely N-dealkylation sites (tertiary alicyclic amines) is 1. The Balaban J connectivity index is 1.64. The highest BCUT2D eigenvalue weighted by molar-refractivity contribution is 4.79. The molecule has 2 heteroatoms. The van der Waals surface area contributed by atoms with Crippen LogP contribution in [0.25, 0.3) is 0 Å². The second kappa shape index (κ2) is 7.49. The summed E-state index contributed by atoms with van der Waals surface area (Å²) in [6, 6.07) is 0.794. The number of nitrogens with zero attached hydrogens (tertiary/aromatic N) is 1. The summed E-state index contributed by atoms with van der Waals surface area (Å²) in [5.41, 5.74) is 0. The molecule has 2 fully saturated rings. The minimum Gasteiger partial charge on any atom is -0.314 e. The van der Waals surface area contributed by atoms with E-state index < -0.39 is 0 Å². The summed E-state index contributed by atoms with van der Waals surface area (Å²) < 4.78 is 0. The van der Waals surface area contributed by atoms with Crippen molar-refractivity contribution in [1.29, 1.82) is 0 Å². The molecule has 3 unspecified atom stereocenters. The molecule has 106 valence electrons. The number of nitrogens with one attached hydrogen (secondary N) is 1. The summed E-state index contributed by atoms with van der Waals surface area (Å²) in [6.45, 7) is 9.92. The van der Waals surface area contributed by atoms with Crippen LogP contribution in [0.3, 0.4) is 0 Å². The predicted octanol–water partition coefficient (Wildman–Crippen LogP) is 3.28. The maximum absolute atomic E-state index is 3.86. The molecule has 1 N–H and O–H groups in total. The van der Waals surface area contributed by atoms with Gasteiger partial charge in [-0.2, -0.15) is 0 Å². The van der Waals surface area contributed by atoms with E-state index in [0.29, 0.717) is 0 Å². The first-order valence-electron chi connectivity index (χ1n) is 8.23. The van der Waals surface area contributed by atoms with E-state index in [0.717, 1.165) is 17.9 Å². The lowest BCUT2D eigenvalue weighted by Crippen LogP contribution is -2.34. The summed E-state index contributed by atoms with van der Waals surface area (Å²) in [5.74, 6) is 1.95. The fraction of sp³-hybridized carbons (Fsp3) is 1.00. The van der Waals surface area contributed by atoms with Crippen LogP contribution < -0.4 is 5.32 Å². The zero-order valence-corrected chi connectivity index (χ0v) is 12.5. The Hall–Kier alpha value is -0.0800. The van der Waals surface area contributed by atoms with E-state index in [1.807, 2.05) is 0 Å². The van der Waals surface area contributed by atoms with Crippen LogP contribution in [-0.2, 0) is 0 Å². The quantitative estimate of drug-likeness (QED) is 0.808. The lowest BCUT2D eigenvalue weighted by molar-refractivity contribution is 0.282. The highest BCUT2D eigenvalue weighted by Crippen LogP contribution is 2.29. The second-order valence-electron chi connectivity index (χ2n) is 6.66. The summed E-state index contributed by atoms with van der Waals surface area (Å²) in [5, 5.41) is 3.86. The first-order valence-corrected chi connectivity index (χ1v) is 8.23. The van der Waals surface area contributed by atoms with E-state index in [1.165, 1.54) is 71.1 Å². The van der Waals surface area contributed by atoms with Gasteiger partial charge in [0.05, 0.1) is 0 Å². The van der Waals surface area contributed by atoms with Gasteiger partial charge in [-0.05, 0) is 76.5 Å². The summed E-state index contributed by atoms with van der Waals surface area (Å²) in [4.78, 5) is 2.65. The fourth-order valence-corrected chi connectivity index (χ4v) is 3.74. The Kier molecular flexibility index (Phi) is 5.97. The zero-order chi connectivity index (χ0) is 12.8. The molecule has 1 saturated heterocycles. The van der Waals surface area contributed by atoms with Crippen LogP contribution in [0.1, 0.15) is 58.8 Å². The van der Waals surface area contributed by atoms with Crippen molar-refractivity contribution < 1.29 is 0 Å². The predicted molar refractivity (Wildman–Crippen MR) is 78.9 cm³/mol. The van der Waals surface area contributed by atoms with Crippen molar-refractivity contribution in [2.75, 3.05) is 26.2 Å². The molecule has 1 aliphatic carbocycles. The van der Waals surface area contributed by atoms with Crippen molar-refractivity contribution in [2.45, 2.75) is 64.8 Å². The highest BCUT2D eigenvalue weighted by atomic mass is 15.1. The molecule has 2 nitrogen and oxygen atoms in total. The molecule has 3 atom stereocenters. The first-order chi connectivity index (χ1) is 8.78. The van der Waals surface area contributed by atoms with E-state index in [2.05, 4.69) is 24.1 Å². The molecule has 0 spiro atoms. The van der Waals surface area contributed by atoms with Crippen molar-refractivity contribution in [2.24, 2.45) is 11.8 Å². The van der Waals surface area contributed by atoms with E-state index in [1.54, 1.807) is 0 Å². The van der Waals surface area contributed by atoms with Crippen LogP contribution in [0, 0.1) is 11.8 Å². The lowest BCUT2D eigenvalue weighted by atomic mass is 10.0. The van der Waals surface area contributed by atoms with Crippen molar-refractivity contribution in [3.8, 4) is 0 Å². The molecular formula is C16H32N2. The van der Waals surface area contributed by atoms with E-state index in [4.69, 9.17) is 0 Å². The lowest BCUT2D eigenvalue weighted by Gasteiger charge is -2.20. The molecule has 1 aliphatic heterocycles. The average molecular weight is 252 g/mol. The molecule has 2 aliphatic rings. The third kappa shape index (κ3) is 4.55. The SMILES string of the molecule is CCCN1CCCC(NCC2CCC(C)C2)CC1. The van der Waals surface area contributed by atoms with E-state index >= 15 is 0 Å². The molecular weight excluding hydrogens is 220 g/mol. The van der Waals surface area contributed by atoms with Gasteiger partial charge < -0.3 is 10.2 Å². The van der Waals surface area contributed by atoms with Gasteiger partial charge in [0.15, 0.2) is 0 Å². The van der Waals surface area contributed by atoms with E-state index in [-0.39, 0.29) is 0 Å². The van der Waals surface area contributed by atoms with Gasteiger partial charge in [-0.1, -0.05) is 20.3 Å². The smallest absolute Gasteiger partial charge is 0.00798 e. The summed E-state index contributed by atoms with van der Waals surface area (Å²) in [6.07, 6.45) is 9.83. The highest BCUT2D eigenvalue weighted by Gasteiger charge is 2.22. The third-order valence-corrected chi connectivity index (χ3v) is 4.86. The van der Waals surface area contributed by atoms with Crippen LogP contribution in [0.2, 0.25) is 0 Å². The zero-order valence-electron chi connectivity index (χ0n) is 12.5. The summed E-state index contributed by atoms with van der Waals surface area (Å²) >= 11 is 0. The van der Waals surface area contributed by atoms with Gasteiger partial charge in [-0.3, -0.25) is 0 Å². The Morgan fingerprint density at radius 3 is 2.72 bits per heavy atom. The molecule has 0 aromatic heterocycles. The van der Waals surface area contributed by atoms with Gasteiger partial charge in [0.25, 0.3) is 0 Å². The standard InChI is InChI=1S/C16H32N2/c1-3-9-18-10-4-5-16(8-11-18)17-13-15-7-6-14(2)12-15/h14-17H,3-13H2,1-2H3. The minimum atomic E-state index is 0.794. The minimum absolute atomic E-state index is 0.794. The average Bonchev–Trinajstić information content (AvgIpc) is 2.64. The third-order valence-electron chi connectivity index (χ3n) is 4.86. The fourth-order valence-electron chi connectivity index (χ4n) is 3.74. The molecule has 0 amide bonds. The van der Waals surface area contributed by atoms with Gasteiger partial charge in [-0.25, -0.2) is 0 Å². The summed E-state index contributed by atoms with van der Waals surface area (Å²) in [7, 11) is 0. The van der Waals surface area contributed by atoms with Crippen molar-refractivity contribution in [1.82, 2.24) is 10.2 Å². The van der Waals surface area contributed by atoms with Crippen LogP contribution in [0.4, 0.5) is 0 Å². The van der Waals surface area contributed by atoms with Crippen LogP contribution in [0.15, 0.2) is 0 Å². The van der Waals surface area contributed by atoms with Crippen LogP contribution >= 0.6 is 0 Å². The monoisotopic (exact) mass is 252 g/mol. The normalized spacial score (nSPS) is 34.7. The molecule has 1 saturated carbocycles. The molecule has 0 bridgehead atoms. The number of rotatable bonds is 5. The molecule has 0 radical (unpaired) electrons. The Labute approximate surface area is 114 Å². The molecule has 1 heterocycles. The maximum atomic E-state index is 3.86. The Bertz CT molecular complexity index is 229. The van der Waals surface area contributed by atoms with Crippen LogP contribution in [0.5, 0.6) is 0 Å². The van der Waals surface area contributed by atoms with Gasteiger partial charge in [0.2, 0.25) is 0 Å². The van der Waals surface area contributed by atoms with Crippen LogP contribution in [-0.4, -0.2) is 37.1 Å². The van der Waals surface area contributed by atoms with Gasteiger partial charge in [-0.15, -0.1) is 0 Å². The molecule has 0 aromatic rings. The van der Waals surface area contributed by atoms with Crippen molar-refractivity contribution in [3.63, 3.8) is 0 Å². The Morgan fingerprint density at radius 1 is 1.11 bits per heavy atom. The molecule has 0 aromatic carbocycles. The molecule has 18 heavy (non-hydrogen) atoms.